The van der Waals surface area contributed by atoms with Crippen molar-refractivity contribution in [2.24, 2.45) is 0 Å². The summed E-state index contributed by atoms with van der Waals surface area (Å²) < 4.78 is 24.7. The van der Waals surface area contributed by atoms with Crippen LogP contribution in [0.1, 0.15) is 23.2 Å². The molecule has 0 spiro atoms. The molecular weight excluding hydrogens is 275 g/mol. The van der Waals surface area contributed by atoms with E-state index in [2.05, 4.69) is 0 Å². The predicted molar refractivity (Wildman–Crippen MR) is 77.7 cm³/mol. The lowest BCUT2D eigenvalue weighted by Gasteiger charge is -2.03. The Morgan fingerprint density at radius 1 is 1.00 bits per heavy atom. The van der Waals surface area contributed by atoms with Gasteiger partial charge in [0, 0.05) is 22.6 Å². The van der Waals surface area contributed by atoms with E-state index in [-0.39, 0.29) is 11.6 Å². The Kier molecular flexibility index (Phi) is 5.18. The second-order valence-electron chi connectivity index (χ2n) is 4.40. The smallest absolute Gasteiger partial charge is 0.162 e. The Morgan fingerprint density at radius 3 is 2.30 bits per heavy atom. The maximum absolute atomic E-state index is 12.7. The minimum absolute atomic E-state index is 0.0462. The zero-order chi connectivity index (χ0) is 14.4. The third-order valence-corrected chi connectivity index (χ3v) is 4.36. The summed E-state index contributed by atoms with van der Waals surface area (Å²) in [6, 6.07) is 14.7. The summed E-state index contributed by atoms with van der Waals surface area (Å²) in [5.41, 5.74) is 0.497. The molecule has 20 heavy (non-hydrogen) atoms. The van der Waals surface area contributed by atoms with Crippen molar-refractivity contribution in [2.45, 2.75) is 17.7 Å². The van der Waals surface area contributed by atoms with Crippen molar-refractivity contribution in [1.29, 1.82) is 0 Å². The Balaban J connectivity index is 1.83. The zero-order valence-electron chi connectivity index (χ0n) is 10.9. The third-order valence-electron chi connectivity index (χ3n) is 2.91. The molecule has 0 aromatic heterocycles. The first-order chi connectivity index (χ1) is 9.66. The summed E-state index contributed by atoms with van der Waals surface area (Å²) in [5.74, 6) is 0.0542. The van der Waals surface area contributed by atoms with Crippen molar-refractivity contribution in [1.82, 2.24) is 0 Å². The molecule has 2 aromatic rings. The van der Waals surface area contributed by atoms with Gasteiger partial charge in [0.1, 0.15) is 5.82 Å². The van der Waals surface area contributed by atoms with Crippen LogP contribution in [0.15, 0.2) is 59.5 Å². The molecule has 4 heteroatoms. The largest absolute Gasteiger partial charge is 0.294 e. The molecule has 0 aliphatic heterocycles. The molecule has 0 amide bonds. The Bertz CT molecular complexity index is 594. The van der Waals surface area contributed by atoms with Gasteiger partial charge in [-0.3, -0.25) is 9.00 Å². The molecular formula is C16H15FO2S. The minimum atomic E-state index is -1.07. The van der Waals surface area contributed by atoms with Gasteiger partial charge in [-0.2, -0.15) is 0 Å². The highest BCUT2D eigenvalue weighted by Gasteiger charge is 2.08. The van der Waals surface area contributed by atoms with Crippen LogP contribution in [-0.2, 0) is 10.8 Å². The molecule has 104 valence electrons. The van der Waals surface area contributed by atoms with E-state index in [0.717, 1.165) is 4.90 Å². The maximum atomic E-state index is 12.7. The lowest BCUT2D eigenvalue weighted by atomic mass is 10.1. The van der Waals surface area contributed by atoms with E-state index in [1.807, 2.05) is 30.3 Å². The highest BCUT2D eigenvalue weighted by molar-refractivity contribution is 7.85. The van der Waals surface area contributed by atoms with Crippen molar-refractivity contribution in [3.63, 3.8) is 0 Å². The summed E-state index contributed by atoms with van der Waals surface area (Å²) in [6.45, 7) is 0. The number of hydrogen-bond acceptors (Lipinski definition) is 2. The van der Waals surface area contributed by atoms with E-state index >= 15 is 0 Å². The first kappa shape index (κ1) is 14.6. The quantitative estimate of drug-likeness (QED) is 0.762. The van der Waals surface area contributed by atoms with Crippen LogP contribution in [-0.4, -0.2) is 15.7 Å². The standard InChI is InChI=1S/C16H15FO2S/c17-14-10-8-13(9-11-14)16(18)7-4-12-20(19)15-5-2-1-3-6-15/h1-3,5-6,8-11H,4,7,12H2. The van der Waals surface area contributed by atoms with Gasteiger partial charge in [-0.05, 0) is 42.8 Å². The Hall–Kier alpha value is -1.81. The van der Waals surface area contributed by atoms with Crippen LogP contribution in [0.4, 0.5) is 4.39 Å². The molecule has 1 unspecified atom stereocenters. The highest BCUT2D eigenvalue weighted by Crippen LogP contribution is 2.10. The molecule has 0 heterocycles. The molecule has 0 saturated carbocycles. The van der Waals surface area contributed by atoms with Gasteiger partial charge in [0.2, 0.25) is 0 Å². The van der Waals surface area contributed by atoms with E-state index in [0.29, 0.717) is 24.2 Å². The molecule has 2 rings (SSSR count). The second-order valence-corrected chi connectivity index (χ2v) is 5.97. The molecule has 0 saturated heterocycles. The summed E-state index contributed by atoms with van der Waals surface area (Å²) in [5, 5.41) is 0. The first-order valence-electron chi connectivity index (χ1n) is 6.39. The van der Waals surface area contributed by atoms with Crippen molar-refractivity contribution in [3.8, 4) is 0 Å². The third kappa shape index (κ3) is 4.10. The molecule has 2 aromatic carbocycles. The van der Waals surface area contributed by atoms with Gasteiger partial charge >= 0.3 is 0 Å². The fraction of sp³-hybridized carbons (Fsp3) is 0.188. The van der Waals surface area contributed by atoms with Gasteiger partial charge in [-0.25, -0.2) is 4.39 Å². The van der Waals surface area contributed by atoms with Crippen molar-refractivity contribution >= 4 is 16.6 Å². The fourth-order valence-electron chi connectivity index (χ4n) is 1.83. The zero-order valence-corrected chi connectivity index (χ0v) is 11.7. The minimum Gasteiger partial charge on any atom is -0.294 e. The fourth-order valence-corrected chi connectivity index (χ4v) is 2.94. The lowest BCUT2D eigenvalue weighted by Crippen LogP contribution is -2.04. The maximum Gasteiger partial charge on any atom is 0.162 e. The Morgan fingerprint density at radius 2 is 1.65 bits per heavy atom. The molecule has 0 bridgehead atoms. The van der Waals surface area contributed by atoms with Crippen LogP contribution in [0.2, 0.25) is 0 Å². The lowest BCUT2D eigenvalue weighted by molar-refractivity contribution is 0.0982. The van der Waals surface area contributed by atoms with Crippen LogP contribution in [0.5, 0.6) is 0 Å². The summed E-state index contributed by atoms with van der Waals surface area (Å²) in [7, 11) is -1.07. The molecule has 0 aliphatic rings. The molecule has 2 nitrogen and oxygen atoms in total. The number of halogens is 1. The summed E-state index contributed by atoms with van der Waals surface area (Å²) >= 11 is 0. The summed E-state index contributed by atoms with van der Waals surface area (Å²) in [6.07, 6.45) is 0.877. The monoisotopic (exact) mass is 290 g/mol. The van der Waals surface area contributed by atoms with Crippen LogP contribution in [0.25, 0.3) is 0 Å². The van der Waals surface area contributed by atoms with Gasteiger partial charge in [0.15, 0.2) is 5.78 Å². The first-order valence-corrected chi connectivity index (χ1v) is 7.71. The SMILES string of the molecule is O=C(CCCS(=O)c1ccccc1)c1ccc(F)cc1. The van der Waals surface area contributed by atoms with Gasteiger partial charge in [-0.15, -0.1) is 0 Å². The number of Topliss-reactive ketones (excluding diaryl/α,β-unsaturated/α-hetero) is 1. The number of carbonyl (C=O) groups excluding carboxylic acids is 1. The normalized spacial score (nSPS) is 12.1. The van der Waals surface area contributed by atoms with E-state index in [1.165, 1.54) is 24.3 Å². The van der Waals surface area contributed by atoms with E-state index in [1.54, 1.807) is 0 Å². The average molecular weight is 290 g/mol. The van der Waals surface area contributed by atoms with Crippen LogP contribution >= 0.6 is 0 Å². The highest BCUT2D eigenvalue weighted by atomic mass is 32.2. The Labute approximate surface area is 120 Å². The number of carbonyl (C=O) groups is 1. The van der Waals surface area contributed by atoms with Crippen LogP contribution in [0.3, 0.4) is 0 Å². The number of benzene rings is 2. The molecule has 0 fully saturated rings. The second kappa shape index (κ2) is 7.10. The molecule has 0 aliphatic carbocycles. The number of hydrogen-bond donors (Lipinski definition) is 0. The van der Waals surface area contributed by atoms with Crippen molar-refractivity contribution in [2.75, 3.05) is 5.75 Å². The molecule has 0 N–H and O–H groups in total. The van der Waals surface area contributed by atoms with Crippen molar-refractivity contribution < 1.29 is 13.4 Å². The van der Waals surface area contributed by atoms with Gasteiger partial charge in [-0.1, -0.05) is 18.2 Å². The average Bonchev–Trinajstić information content (AvgIpc) is 2.48. The molecule has 0 radical (unpaired) electrons. The van der Waals surface area contributed by atoms with Gasteiger partial charge in [0.25, 0.3) is 0 Å². The number of ketones is 1. The van der Waals surface area contributed by atoms with E-state index in [9.17, 15) is 13.4 Å². The van der Waals surface area contributed by atoms with Crippen LogP contribution in [0, 0.1) is 5.82 Å². The van der Waals surface area contributed by atoms with Gasteiger partial charge in [0.05, 0.1) is 10.8 Å². The van der Waals surface area contributed by atoms with Crippen LogP contribution < -0.4 is 0 Å². The van der Waals surface area contributed by atoms with E-state index < -0.39 is 10.8 Å². The summed E-state index contributed by atoms with van der Waals surface area (Å²) in [4.78, 5) is 12.6. The van der Waals surface area contributed by atoms with Crippen molar-refractivity contribution in [3.05, 3.63) is 66.0 Å². The molecule has 1 atom stereocenters. The topological polar surface area (TPSA) is 34.1 Å². The van der Waals surface area contributed by atoms with E-state index in [4.69, 9.17) is 0 Å². The van der Waals surface area contributed by atoms with Gasteiger partial charge < -0.3 is 0 Å². The number of rotatable bonds is 6. The predicted octanol–water partition coefficient (Wildman–Crippen LogP) is 3.60.